The number of nitrogens with zero attached hydrogens (tertiary/aromatic N) is 4. The zero-order valence-corrected chi connectivity index (χ0v) is 15.9. The van der Waals surface area contributed by atoms with Gasteiger partial charge in [0.05, 0.1) is 12.6 Å². The minimum absolute atomic E-state index is 0.0161. The molecule has 140 valence electrons. The zero-order chi connectivity index (χ0) is 18.5. The van der Waals surface area contributed by atoms with Gasteiger partial charge in [-0.3, -0.25) is 4.79 Å². The Bertz CT molecular complexity index is 964. The van der Waals surface area contributed by atoms with E-state index in [1.165, 1.54) is 12.8 Å². The first-order chi connectivity index (χ1) is 13.1. The van der Waals surface area contributed by atoms with Crippen molar-refractivity contribution in [3.05, 3.63) is 47.7 Å². The highest BCUT2D eigenvalue weighted by molar-refractivity contribution is 5.98. The fourth-order valence-corrected chi connectivity index (χ4v) is 4.06. The van der Waals surface area contributed by atoms with Crippen molar-refractivity contribution in [3.8, 4) is 0 Å². The normalized spacial score (nSPS) is 19.7. The number of hydrogen-bond acceptors (Lipinski definition) is 3. The van der Waals surface area contributed by atoms with Crippen molar-refractivity contribution in [1.82, 2.24) is 24.6 Å². The van der Waals surface area contributed by atoms with Crippen molar-refractivity contribution in [2.45, 2.75) is 51.6 Å². The number of hydrogen-bond donors (Lipinski definition) is 1. The van der Waals surface area contributed by atoms with Crippen LogP contribution in [0, 0.1) is 5.92 Å². The summed E-state index contributed by atoms with van der Waals surface area (Å²) in [7, 11) is 0. The van der Waals surface area contributed by atoms with Crippen molar-refractivity contribution in [2.75, 3.05) is 6.54 Å². The summed E-state index contributed by atoms with van der Waals surface area (Å²) < 4.78 is 2.04. The molecule has 6 heteroatoms. The third-order valence-corrected chi connectivity index (χ3v) is 5.60. The van der Waals surface area contributed by atoms with Crippen molar-refractivity contribution in [2.24, 2.45) is 5.92 Å². The summed E-state index contributed by atoms with van der Waals surface area (Å²) in [5.41, 5.74) is 1.65. The first kappa shape index (κ1) is 16.5. The van der Waals surface area contributed by atoms with Crippen molar-refractivity contribution in [3.63, 3.8) is 0 Å². The lowest BCUT2D eigenvalue weighted by Crippen LogP contribution is -2.43. The number of carbonyl (C=O) groups excluding carboxylic acids is 1. The van der Waals surface area contributed by atoms with E-state index in [-0.39, 0.29) is 11.9 Å². The monoisotopic (exact) mass is 363 g/mol. The lowest BCUT2D eigenvalue weighted by molar-refractivity contribution is 0.0573. The summed E-state index contributed by atoms with van der Waals surface area (Å²) in [5.74, 6) is 2.99. The number of para-hydroxylation sites is 1. The number of benzene rings is 1. The van der Waals surface area contributed by atoms with E-state index in [0.29, 0.717) is 24.1 Å². The lowest BCUT2D eigenvalue weighted by atomic mass is 10.00. The first-order valence-corrected chi connectivity index (χ1v) is 9.93. The third-order valence-electron chi connectivity index (χ3n) is 5.60. The molecule has 1 amide bonds. The Hall–Kier alpha value is -2.63. The molecule has 3 heterocycles. The molecule has 3 aromatic rings. The quantitative estimate of drug-likeness (QED) is 0.765. The number of carbonyl (C=O) groups is 1. The van der Waals surface area contributed by atoms with Crippen LogP contribution in [0.25, 0.3) is 10.9 Å². The van der Waals surface area contributed by atoms with Crippen LogP contribution in [0.15, 0.2) is 30.3 Å². The van der Waals surface area contributed by atoms with Crippen LogP contribution in [0.2, 0.25) is 0 Å². The average molecular weight is 363 g/mol. The van der Waals surface area contributed by atoms with Gasteiger partial charge in [-0.25, -0.2) is 9.67 Å². The van der Waals surface area contributed by atoms with Gasteiger partial charge in [0.1, 0.15) is 11.5 Å². The molecule has 1 atom stereocenters. The second kappa shape index (κ2) is 6.22. The Labute approximate surface area is 158 Å². The molecule has 27 heavy (non-hydrogen) atoms. The van der Waals surface area contributed by atoms with Gasteiger partial charge in [-0.1, -0.05) is 32.0 Å². The Balaban J connectivity index is 1.50. The molecule has 1 saturated carbocycles. The third kappa shape index (κ3) is 2.93. The molecular formula is C21H25N5O. The van der Waals surface area contributed by atoms with Crippen molar-refractivity contribution >= 4 is 16.8 Å². The highest BCUT2D eigenvalue weighted by Gasteiger charge is 2.37. The number of rotatable bonds is 4. The van der Waals surface area contributed by atoms with Gasteiger partial charge in [-0.2, -0.15) is 5.10 Å². The van der Waals surface area contributed by atoms with E-state index in [1.54, 1.807) is 0 Å². The number of aromatic nitrogens is 4. The second-order valence-electron chi connectivity index (χ2n) is 8.24. The standard InChI is InChI=1S/C21H25N5O/c1-13(2)11-18-20-23-19(14-7-8-14)24-26(20)10-9-25(18)21(27)17-12-15-5-3-4-6-16(15)22-17/h3-6,12-14,18,22H,7-11H2,1-2H3/t18-/m0/s1. The molecule has 5 rings (SSSR count). The fourth-order valence-electron chi connectivity index (χ4n) is 4.06. The molecule has 1 aliphatic carbocycles. The van der Waals surface area contributed by atoms with Crippen molar-refractivity contribution in [1.29, 1.82) is 0 Å². The van der Waals surface area contributed by atoms with E-state index in [9.17, 15) is 4.79 Å². The Kier molecular flexibility index (Phi) is 3.81. The highest BCUT2D eigenvalue weighted by Crippen LogP contribution is 2.40. The lowest BCUT2D eigenvalue weighted by Gasteiger charge is -2.35. The summed E-state index contributed by atoms with van der Waals surface area (Å²) in [6, 6.07) is 9.96. The van der Waals surface area contributed by atoms with E-state index in [2.05, 4.69) is 18.8 Å². The summed E-state index contributed by atoms with van der Waals surface area (Å²) in [5, 5.41) is 5.80. The minimum Gasteiger partial charge on any atom is -0.351 e. The predicted molar refractivity (Wildman–Crippen MR) is 104 cm³/mol. The van der Waals surface area contributed by atoms with E-state index >= 15 is 0 Å². The molecule has 1 N–H and O–H groups in total. The molecule has 1 fully saturated rings. The van der Waals surface area contributed by atoms with Gasteiger partial charge in [0.25, 0.3) is 5.91 Å². The largest absolute Gasteiger partial charge is 0.351 e. The van der Waals surface area contributed by atoms with E-state index in [1.807, 2.05) is 39.9 Å². The van der Waals surface area contributed by atoms with Crippen LogP contribution in [-0.4, -0.2) is 37.1 Å². The minimum atomic E-state index is -0.0161. The smallest absolute Gasteiger partial charge is 0.270 e. The van der Waals surface area contributed by atoms with Gasteiger partial charge in [0.2, 0.25) is 0 Å². The summed E-state index contributed by atoms with van der Waals surface area (Å²) in [6.07, 6.45) is 3.28. The average Bonchev–Trinajstić information content (AvgIpc) is 3.26. The van der Waals surface area contributed by atoms with Gasteiger partial charge < -0.3 is 9.88 Å². The zero-order valence-electron chi connectivity index (χ0n) is 15.9. The summed E-state index contributed by atoms with van der Waals surface area (Å²) in [6.45, 7) is 5.78. The van der Waals surface area contributed by atoms with Gasteiger partial charge >= 0.3 is 0 Å². The van der Waals surface area contributed by atoms with Crippen LogP contribution in [0.5, 0.6) is 0 Å². The molecular weight excluding hydrogens is 338 g/mol. The molecule has 2 aromatic heterocycles. The topological polar surface area (TPSA) is 66.8 Å². The van der Waals surface area contributed by atoms with Crippen LogP contribution >= 0.6 is 0 Å². The molecule has 6 nitrogen and oxygen atoms in total. The summed E-state index contributed by atoms with van der Waals surface area (Å²) in [4.78, 5) is 23.5. The van der Waals surface area contributed by atoms with Crippen LogP contribution in [0.3, 0.4) is 0 Å². The molecule has 0 radical (unpaired) electrons. The molecule has 0 saturated heterocycles. The first-order valence-electron chi connectivity index (χ1n) is 9.93. The summed E-state index contributed by atoms with van der Waals surface area (Å²) >= 11 is 0. The Morgan fingerprint density at radius 1 is 1.26 bits per heavy atom. The maximum Gasteiger partial charge on any atom is 0.270 e. The number of aromatic amines is 1. The van der Waals surface area contributed by atoms with Crippen LogP contribution < -0.4 is 0 Å². The van der Waals surface area contributed by atoms with E-state index in [0.717, 1.165) is 35.5 Å². The second-order valence-corrected chi connectivity index (χ2v) is 8.24. The van der Waals surface area contributed by atoms with Crippen LogP contribution in [0.4, 0.5) is 0 Å². The number of nitrogens with one attached hydrogen (secondary N) is 1. The molecule has 1 aromatic carbocycles. The SMILES string of the molecule is CC(C)C[C@H]1c2nc(C3CC3)nn2CCN1C(=O)c1cc2ccccc2[nH]1. The van der Waals surface area contributed by atoms with Gasteiger partial charge in [-0.15, -0.1) is 0 Å². The maximum atomic E-state index is 13.4. The predicted octanol–water partition coefficient (Wildman–Crippen LogP) is 3.88. The molecule has 0 bridgehead atoms. The maximum absolute atomic E-state index is 13.4. The number of amides is 1. The van der Waals surface area contributed by atoms with E-state index in [4.69, 9.17) is 10.1 Å². The molecule has 1 aliphatic heterocycles. The number of fused-ring (bicyclic) bond motifs is 2. The van der Waals surface area contributed by atoms with Crippen LogP contribution in [-0.2, 0) is 6.54 Å². The number of H-pyrrole nitrogens is 1. The van der Waals surface area contributed by atoms with E-state index < -0.39 is 0 Å². The fraction of sp³-hybridized carbons (Fsp3) is 0.476. The van der Waals surface area contributed by atoms with Gasteiger partial charge in [0.15, 0.2) is 5.82 Å². The Morgan fingerprint density at radius 2 is 2.07 bits per heavy atom. The van der Waals surface area contributed by atoms with Gasteiger partial charge in [0, 0.05) is 23.4 Å². The van der Waals surface area contributed by atoms with Crippen LogP contribution in [0.1, 0.15) is 67.2 Å². The van der Waals surface area contributed by atoms with Gasteiger partial charge in [-0.05, 0) is 37.3 Å². The molecule has 0 unspecified atom stereocenters. The molecule has 0 spiro atoms. The highest BCUT2D eigenvalue weighted by atomic mass is 16.2. The Morgan fingerprint density at radius 3 is 2.81 bits per heavy atom. The molecule has 2 aliphatic rings. The van der Waals surface area contributed by atoms with Crippen molar-refractivity contribution < 1.29 is 4.79 Å².